The lowest BCUT2D eigenvalue weighted by Crippen LogP contribution is -2.25. The number of rotatable bonds is 4. The molecule has 0 aliphatic carbocycles. The van der Waals surface area contributed by atoms with Crippen molar-refractivity contribution in [2.75, 3.05) is 6.54 Å². The zero-order chi connectivity index (χ0) is 12.1. The van der Waals surface area contributed by atoms with E-state index in [-0.39, 0.29) is 11.7 Å². The third kappa shape index (κ3) is 3.85. The van der Waals surface area contributed by atoms with Crippen molar-refractivity contribution in [1.29, 1.82) is 0 Å². The maximum Gasteiger partial charge on any atom is 0.251 e. The summed E-state index contributed by atoms with van der Waals surface area (Å²) in [5, 5.41) is 12.2. The lowest BCUT2D eigenvalue weighted by atomic mass is 10.1. The second kappa shape index (κ2) is 5.89. The third-order valence-electron chi connectivity index (χ3n) is 2.29. The number of amides is 1. The molecule has 4 heteroatoms. The molecule has 1 unspecified atom stereocenters. The Balaban J connectivity index is 2.56. The molecule has 0 bridgehead atoms. The number of phenolic OH excluding ortho intramolecular Hbond substituents is 1. The van der Waals surface area contributed by atoms with Gasteiger partial charge in [-0.05, 0) is 37.1 Å². The van der Waals surface area contributed by atoms with Crippen LogP contribution >= 0.6 is 15.9 Å². The van der Waals surface area contributed by atoms with Crippen LogP contribution in [0.5, 0.6) is 5.75 Å². The Morgan fingerprint density at radius 2 is 2.25 bits per heavy atom. The van der Waals surface area contributed by atoms with E-state index in [0.29, 0.717) is 22.5 Å². The van der Waals surface area contributed by atoms with Crippen molar-refractivity contribution < 1.29 is 9.90 Å². The van der Waals surface area contributed by atoms with Crippen LogP contribution < -0.4 is 5.32 Å². The molecule has 2 N–H and O–H groups in total. The summed E-state index contributed by atoms with van der Waals surface area (Å²) >= 11 is 3.42. The Morgan fingerprint density at radius 1 is 1.56 bits per heavy atom. The van der Waals surface area contributed by atoms with Crippen LogP contribution in [0.25, 0.3) is 0 Å². The third-order valence-corrected chi connectivity index (χ3v) is 2.74. The molecular formula is C12H16BrNO2. The fourth-order valence-electron chi connectivity index (χ4n) is 1.28. The molecule has 16 heavy (non-hydrogen) atoms. The number of aromatic hydroxyl groups is 1. The van der Waals surface area contributed by atoms with Crippen molar-refractivity contribution in [3.8, 4) is 5.75 Å². The summed E-state index contributed by atoms with van der Waals surface area (Å²) in [6.07, 6.45) is 0.892. The first-order valence-electron chi connectivity index (χ1n) is 5.22. The van der Waals surface area contributed by atoms with Gasteiger partial charge < -0.3 is 10.4 Å². The Bertz CT molecular complexity index is 377. The van der Waals surface area contributed by atoms with E-state index < -0.39 is 0 Å². The molecule has 1 rings (SSSR count). The van der Waals surface area contributed by atoms with Gasteiger partial charge in [-0.2, -0.15) is 0 Å². The molecular weight excluding hydrogens is 270 g/mol. The summed E-state index contributed by atoms with van der Waals surface area (Å²) in [7, 11) is 0. The van der Waals surface area contributed by atoms with Gasteiger partial charge >= 0.3 is 0 Å². The van der Waals surface area contributed by atoms with Crippen LogP contribution in [-0.2, 0) is 0 Å². The molecule has 0 aromatic heterocycles. The molecule has 1 aromatic rings. The van der Waals surface area contributed by atoms with Crippen LogP contribution in [0.2, 0.25) is 0 Å². The minimum absolute atomic E-state index is 0.101. The van der Waals surface area contributed by atoms with E-state index in [1.165, 1.54) is 6.07 Å². The summed E-state index contributed by atoms with van der Waals surface area (Å²) in [4.78, 5) is 12.1. The highest BCUT2D eigenvalue weighted by Crippen LogP contribution is 2.16. The van der Waals surface area contributed by atoms with E-state index >= 15 is 0 Å². The number of hydrogen-bond donors (Lipinski definition) is 2. The van der Waals surface area contributed by atoms with Gasteiger partial charge in [0.05, 0.1) is 0 Å². The van der Waals surface area contributed by atoms with Crippen molar-refractivity contribution in [3.63, 3.8) is 0 Å². The Hall–Kier alpha value is -1.03. The minimum Gasteiger partial charge on any atom is -0.508 e. The van der Waals surface area contributed by atoms with Crippen molar-refractivity contribution in [1.82, 2.24) is 5.32 Å². The van der Waals surface area contributed by atoms with Crippen LogP contribution in [0.15, 0.2) is 18.2 Å². The van der Waals surface area contributed by atoms with Crippen LogP contribution in [0.3, 0.4) is 0 Å². The zero-order valence-electron chi connectivity index (χ0n) is 9.46. The van der Waals surface area contributed by atoms with Crippen LogP contribution in [0.1, 0.15) is 29.3 Å². The lowest BCUT2D eigenvalue weighted by Gasteiger charge is -2.07. The van der Waals surface area contributed by atoms with Crippen molar-refractivity contribution in [3.05, 3.63) is 29.3 Å². The lowest BCUT2D eigenvalue weighted by molar-refractivity contribution is 0.0953. The standard InChI is InChI=1S/C12H16BrNO2/c1-8-7-10(3-4-11(8)15)12(16)14-6-5-9(2)13/h3-4,7,9,15H,5-6H2,1-2H3,(H,14,16). The minimum atomic E-state index is -0.101. The number of phenols is 1. The first-order valence-corrected chi connectivity index (χ1v) is 6.14. The Morgan fingerprint density at radius 3 is 2.81 bits per heavy atom. The molecule has 3 nitrogen and oxygen atoms in total. The number of benzene rings is 1. The van der Waals surface area contributed by atoms with Crippen molar-refractivity contribution in [2.45, 2.75) is 25.1 Å². The molecule has 0 fully saturated rings. The summed E-state index contributed by atoms with van der Waals surface area (Å²) < 4.78 is 0. The van der Waals surface area contributed by atoms with Crippen molar-refractivity contribution >= 4 is 21.8 Å². The molecule has 1 amide bonds. The largest absolute Gasteiger partial charge is 0.508 e. The van der Waals surface area contributed by atoms with E-state index in [1.54, 1.807) is 19.1 Å². The fourth-order valence-corrected chi connectivity index (χ4v) is 1.51. The quantitative estimate of drug-likeness (QED) is 0.836. The Kier molecular flexibility index (Phi) is 4.80. The highest BCUT2D eigenvalue weighted by atomic mass is 79.9. The predicted octanol–water partition coefficient (Wildman–Crippen LogP) is 2.60. The molecule has 88 valence electrons. The molecule has 0 saturated heterocycles. The van der Waals surface area contributed by atoms with Gasteiger partial charge in [-0.3, -0.25) is 4.79 Å². The molecule has 0 aliphatic rings. The summed E-state index contributed by atoms with van der Waals surface area (Å²) in [6.45, 7) is 4.45. The topological polar surface area (TPSA) is 49.3 Å². The van der Waals surface area contributed by atoms with Crippen molar-refractivity contribution in [2.24, 2.45) is 0 Å². The van der Waals surface area contributed by atoms with Gasteiger partial charge in [0.25, 0.3) is 5.91 Å². The summed E-state index contributed by atoms with van der Waals surface area (Å²) in [6, 6.07) is 4.84. The van der Waals surface area contributed by atoms with E-state index in [4.69, 9.17) is 0 Å². The number of halogens is 1. The average molecular weight is 286 g/mol. The number of aryl methyl sites for hydroxylation is 1. The number of hydrogen-bond acceptors (Lipinski definition) is 2. The molecule has 0 aliphatic heterocycles. The molecule has 0 saturated carbocycles. The van der Waals surface area contributed by atoms with Gasteiger partial charge in [-0.1, -0.05) is 22.9 Å². The van der Waals surface area contributed by atoms with Gasteiger partial charge in [-0.15, -0.1) is 0 Å². The normalized spacial score (nSPS) is 12.2. The maximum atomic E-state index is 11.7. The fraction of sp³-hybridized carbons (Fsp3) is 0.417. The number of alkyl halides is 1. The van der Waals surface area contributed by atoms with Gasteiger partial charge in [0.2, 0.25) is 0 Å². The molecule has 0 radical (unpaired) electrons. The first-order chi connectivity index (χ1) is 7.50. The maximum absolute atomic E-state index is 11.7. The van der Waals surface area contributed by atoms with Gasteiger partial charge in [0.1, 0.15) is 5.75 Å². The summed E-state index contributed by atoms with van der Waals surface area (Å²) in [5.74, 6) is 0.113. The van der Waals surface area contributed by atoms with Crippen LogP contribution in [0, 0.1) is 6.92 Å². The number of carbonyl (C=O) groups excluding carboxylic acids is 1. The van der Waals surface area contributed by atoms with E-state index in [1.807, 2.05) is 6.92 Å². The second-order valence-electron chi connectivity index (χ2n) is 3.83. The number of nitrogens with one attached hydrogen (secondary N) is 1. The molecule has 1 atom stereocenters. The van der Waals surface area contributed by atoms with E-state index in [2.05, 4.69) is 21.2 Å². The highest BCUT2D eigenvalue weighted by molar-refractivity contribution is 9.09. The van der Waals surface area contributed by atoms with Gasteiger partial charge in [0, 0.05) is 16.9 Å². The average Bonchev–Trinajstić information content (AvgIpc) is 2.21. The van der Waals surface area contributed by atoms with Crippen LogP contribution in [0.4, 0.5) is 0 Å². The smallest absolute Gasteiger partial charge is 0.251 e. The summed E-state index contributed by atoms with van der Waals surface area (Å²) in [5.41, 5.74) is 1.29. The Labute approximate surface area is 104 Å². The van der Waals surface area contributed by atoms with E-state index in [0.717, 1.165) is 6.42 Å². The highest BCUT2D eigenvalue weighted by Gasteiger charge is 2.07. The molecule has 0 heterocycles. The van der Waals surface area contributed by atoms with Crippen LogP contribution in [-0.4, -0.2) is 22.4 Å². The van der Waals surface area contributed by atoms with Gasteiger partial charge in [-0.25, -0.2) is 0 Å². The SMILES string of the molecule is Cc1cc(C(=O)NCCC(C)Br)ccc1O. The number of carbonyl (C=O) groups is 1. The van der Waals surface area contributed by atoms with Gasteiger partial charge in [0.15, 0.2) is 0 Å². The monoisotopic (exact) mass is 285 g/mol. The van der Waals surface area contributed by atoms with E-state index in [9.17, 15) is 9.90 Å². The zero-order valence-corrected chi connectivity index (χ0v) is 11.0. The molecule has 1 aromatic carbocycles. The first kappa shape index (κ1) is 13.0. The molecule has 0 spiro atoms. The predicted molar refractivity (Wildman–Crippen MR) is 68.2 cm³/mol. The second-order valence-corrected chi connectivity index (χ2v) is 5.39.